The summed E-state index contributed by atoms with van der Waals surface area (Å²) >= 11 is 0. The van der Waals surface area contributed by atoms with Crippen molar-refractivity contribution >= 4 is 12.1 Å². The molecule has 5 heteroatoms. The van der Waals surface area contributed by atoms with Gasteiger partial charge in [0.15, 0.2) is 0 Å². The van der Waals surface area contributed by atoms with Crippen molar-refractivity contribution < 1.29 is 9.90 Å². The van der Waals surface area contributed by atoms with E-state index in [4.69, 9.17) is 0 Å². The number of para-hydroxylation sites is 1. The molecule has 2 aromatic carbocycles. The number of nitrogens with one attached hydrogen (secondary N) is 1. The van der Waals surface area contributed by atoms with E-state index < -0.39 is 0 Å². The third-order valence-electron chi connectivity index (χ3n) is 3.92. The molecule has 3 aromatic rings. The second-order valence-electron chi connectivity index (χ2n) is 5.81. The maximum absolute atomic E-state index is 12.5. The molecule has 0 saturated carbocycles. The minimum Gasteiger partial charge on any atom is -0.507 e. The summed E-state index contributed by atoms with van der Waals surface area (Å²) < 4.78 is 1.88. The second-order valence-corrected chi connectivity index (χ2v) is 5.81. The Bertz CT molecular complexity index is 905. The number of aryl methyl sites for hydroxylation is 2. The van der Waals surface area contributed by atoms with E-state index in [0.29, 0.717) is 5.56 Å². The average molecular weight is 333 g/mol. The molecule has 0 saturated heterocycles. The molecule has 2 N–H and O–H groups in total. The number of benzene rings is 2. The van der Waals surface area contributed by atoms with Crippen LogP contribution in [-0.4, -0.2) is 21.8 Å². The van der Waals surface area contributed by atoms with Crippen LogP contribution in [0.3, 0.4) is 0 Å². The van der Waals surface area contributed by atoms with Gasteiger partial charge in [0.2, 0.25) is 0 Å². The number of carbonyl (C=O) groups is 1. The fraction of sp³-hybridized carbons (Fsp3) is 0.100. The number of amides is 1. The summed E-state index contributed by atoms with van der Waals surface area (Å²) in [7, 11) is 0. The molecule has 0 fully saturated rings. The maximum atomic E-state index is 12.5. The lowest BCUT2D eigenvalue weighted by atomic mass is 10.1. The SMILES string of the molecule is Cc1cc(/C=N\NC(=O)c2ccccc2-n2cccc2)cc(C)c1O. The van der Waals surface area contributed by atoms with Gasteiger partial charge < -0.3 is 9.67 Å². The van der Waals surface area contributed by atoms with Gasteiger partial charge in [0, 0.05) is 12.4 Å². The molecule has 5 nitrogen and oxygen atoms in total. The summed E-state index contributed by atoms with van der Waals surface area (Å²) in [4.78, 5) is 12.5. The molecule has 0 bridgehead atoms. The predicted octanol–water partition coefficient (Wildman–Crippen LogP) is 3.56. The van der Waals surface area contributed by atoms with E-state index in [1.165, 1.54) is 0 Å². The molecular weight excluding hydrogens is 314 g/mol. The summed E-state index contributed by atoms with van der Waals surface area (Å²) in [5.41, 5.74) is 6.23. The van der Waals surface area contributed by atoms with Crippen molar-refractivity contribution in [1.82, 2.24) is 9.99 Å². The van der Waals surface area contributed by atoms with Gasteiger partial charge >= 0.3 is 0 Å². The number of hydrogen-bond donors (Lipinski definition) is 2. The van der Waals surface area contributed by atoms with Gasteiger partial charge in [0.25, 0.3) is 5.91 Å². The largest absolute Gasteiger partial charge is 0.507 e. The Hall–Kier alpha value is -3.34. The standard InChI is InChI=1S/C20H19N3O2/c1-14-11-16(12-15(2)19(14)24)13-21-22-20(25)17-7-3-4-8-18(17)23-9-5-6-10-23/h3-13,24H,1-2H3,(H,22,25)/b21-13-. The molecule has 0 unspecified atom stereocenters. The molecule has 0 aliphatic rings. The highest BCUT2D eigenvalue weighted by atomic mass is 16.3. The fourth-order valence-electron chi connectivity index (χ4n) is 2.68. The van der Waals surface area contributed by atoms with E-state index in [1.807, 2.05) is 73.3 Å². The van der Waals surface area contributed by atoms with E-state index >= 15 is 0 Å². The van der Waals surface area contributed by atoms with Crippen LogP contribution in [0.1, 0.15) is 27.0 Å². The van der Waals surface area contributed by atoms with Crippen LogP contribution < -0.4 is 5.43 Å². The maximum Gasteiger partial charge on any atom is 0.273 e. The average Bonchev–Trinajstić information content (AvgIpc) is 3.14. The Morgan fingerprint density at radius 1 is 1.08 bits per heavy atom. The van der Waals surface area contributed by atoms with Crippen molar-refractivity contribution in [3.05, 3.63) is 83.2 Å². The van der Waals surface area contributed by atoms with Crippen LogP contribution in [0.2, 0.25) is 0 Å². The zero-order valence-electron chi connectivity index (χ0n) is 14.1. The molecule has 25 heavy (non-hydrogen) atoms. The van der Waals surface area contributed by atoms with Gasteiger partial charge in [-0.05, 0) is 66.9 Å². The first-order chi connectivity index (χ1) is 12.1. The quantitative estimate of drug-likeness (QED) is 0.566. The Kier molecular flexibility index (Phi) is 4.66. The van der Waals surface area contributed by atoms with E-state index in [2.05, 4.69) is 10.5 Å². The first-order valence-electron chi connectivity index (χ1n) is 7.92. The van der Waals surface area contributed by atoms with Crippen molar-refractivity contribution in [3.8, 4) is 11.4 Å². The zero-order valence-corrected chi connectivity index (χ0v) is 14.1. The highest BCUT2D eigenvalue weighted by Gasteiger charge is 2.11. The number of aromatic hydroxyl groups is 1. The molecule has 0 aliphatic heterocycles. The van der Waals surface area contributed by atoms with E-state index in [0.717, 1.165) is 22.4 Å². The number of aromatic nitrogens is 1. The minimum absolute atomic E-state index is 0.279. The lowest BCUT2D eigenvalue weighted by molar-refractivity contribution is 0.0955. The zero-order chi connectivity index (χ0) is 17.8. The van der Waals surface area contributed by atoms with Gasteiger partial charge in [0.05, 0.1) is 17.5 Å². The van der Waals surface area contributed by atoms with Gasteiger partial charge in [-0.15, -0.1) is 0 Å². The monoisotopic (exact) mass is 333 g/mol. The van der Waals surface area contributed by atoms with E-state index in [1.54, 1.807) is 12.3 Å². The Morgan fingerprint density at radius 2 is 1.72 bits per heavy atom. The predicted molar refractivity (Wildman–Crippen MR) is 98.4 cm³/mol. The Labute approximate surface area is 146 Å². The Balaban J connectivity index is 1.78. The molecule has 1 aromatic heterocycles. The summed E-state index contributed by atoms with van der Waals surface area (Å²) in [6.07, 6.45) is 5.34. The molecule has 0 radical (unpaired) electrons. The molecule has 1 heterocycles. The number of hydrogen-bond acceptors (Lipinski definition) is 3. The van der Waals surface area contributed by atoms with Crippen LogP contribution in [-0.2, 0) is 0 Å². The molecule has 126 valence electrons. The number of carbonyl (C=O) groups excluding carboxylic acids is 1. The van der Waals surface area contributed by atoms with Gasteiger partial charge in [-0.2, -0.15) is 5.10 Å². The van der Waals surface area contributed by atoms with Crippen LogP contribution >= 0.6 is 0 Å². The van der Waals surface area contributed by atoms with E-state index in [9.17, 15) is 9.90 Å². The second kappa shape index (κ2) is 7.05. The molecule has 1 amide bonds. The summed E-state index contributed by atoms with van der Waals surface area (Å²) in [6.45, 7) is 3.65. The normalized spacial score (nSPS) is 11.0. The lowest BCUT2D eigenvalue weighted by Gasteiger charge is -2.09. The summed E-state index contributed by atoms with van der Waals surface area (Å²) in [5, 5.41) is 13.8. The summed E-state index contributed by atoms with van der Waals surface area (Å²) in [5.74, 6) is -0.00499. The van der Waals surface area contributed by atoms with Gasteiger partial charge in [-0.3, -0.25) is 4.79 Å². The molecule has 0 atom stereocenters. The Morgan fingerprint density at radius 3 is 2.40 bits per heavy atom. The van der Waals surface area contributed by atoms with Gasteiger partial charge in [0.1, 0.15) is 5.75 Å². The van der Waals surface area contributed by atoms with Gasteiger partial charge in [-0.1, -0.05) is 12.1 Å². The fourth-order valence-corrected chi connectivity index (χ4v) is 2.68. The highest BCUT2D eigenvalue weighted by molar-refractivity contribution is 5.98. The first kappa shape index (κ1) is 16.5. The van der Waals surface area contributed by atoms with Crippen molar-refractivity contribution in [2.24, 2.45) is 5.10 Å². The highest BCUT2D eigenvalue weighted by Crippen LogP contribution is 2.22. The van der Waals surface area contributed by atoms with Crippen molar-refractivity contribution in [2.45, 2.75) is 13.8 Å². The van der Waals surface area contributed by atoms with Gasteiger partial charge in [-0.25, -0.2) is 5.43 Å². The third-order valence-corrected chi connectivity index (χ3v) is 3.92. The number of phenols is 1. The molecule has 0 aliphatic carbocycles. The smallest absolute Gasteiger partial charge is 0.273 e. The van der Waals surface area contributed by atoms with Crippen molar-refractivity contribution in [1.29, 1.82) is 0 Å². The number of rotatable bonds is 4. The molecule has 3 rings (SSSR count). The lowest BCUT2D eigenvalue weighted by Crippen LogP contribution is -2.19. The van der Waals surface area contributed by atoms with Crippen molar-refractivity contribution in [2.75, 3.05) is 0 Å². The minimum atomic E-state index is -0.284. The van der Waals surface area contributed by atoms with Crippen LogP contribution in [0.25, 0.3) is 5.69 Å². The van der Waals surface area contributed by atoms with Crippen LogP contribution in [0.15, 0.2) is 66.0 Å². The molecular formula is C20H19N3O2. The molecule has 0 spiro atoms. The third kappa shape index (κ3) is 3.61. The number of nitrogens with zero attached hydrogens (tertiary/aromatic N) is 2. The van der Waals surface area contributed by atoms with Crippen LogP contribution in [0.5, 0.6) is 5.75 Å². The van der Waals surface area contributed by atoms with Crippen LogP contribution in [0, 0.1) is 13.8 Å². The van der Waals surface area contributed by atoms with E-state index in [-0.39, 0.29) is 11.7 Å². The topological polar surface area (TPSA) is 66.6 Å². The van der Waals surface area contributed by atoms with Crippen LogP contribution in [0.4, 0.5) is 0 Å². The first-order valence-corrected chi connectivity index (χ1v) is 7.92. The van der Waals surface area contributed by atoms with Crippen molar-refractivity contribution in [3.63, 3.8) is 0 Å². The number of phenolic OH excluding ortho intramolecular Hbond substituents is 1. The number of hydrazone groups is 1. The summed E-state index contributed by atoms with van der Waals surface area (Å²) in [6, 6.07) is 14.8.